The van der Waals surface area contributed by atoms with Gasteiger partial charge in [0.1, 0.15) is 0 Å². The molecule has 0 spiro atoms. The van der Waals surface area contributed by atoms with Gasteiger partial charge in [0.15, 0.2) is 0 Å². The molecule has 0 aromatic carbocycles. The van der Waals surface area contributed by atoms with Crippen molar-refractivity contribution >= 4 is 37.6 Å². The number of carbonyl (C=O) groups excluding carboxylic acids is 3. The highest BCUT2D eigenvalue weighted by Gasteiger charge is 2.11. The van der Waals surface area contributed by atoms with Crippen molar-refractivity contribution in [1.29, 1.82) is 0 Å². The Morgan fingerprint density at radius 3 is 1.33 bits per heavy atom. The quantitative estimate of drug-likeness (QED) is 0.214. The number of pyridine rings is 3. The monoisotopic (exact) mass is 497 g/mol. The van der Waals surface area contributed by atoms with Crippen LogP contribution in [0.1, 0.15) is 16.7 Å². The van der Waals surface area contributed by atoms with Crippen LogP contribution in [0.2, 0.25) is 0 Å². The van der Waals surface area contributed by atoms with Crippen molar-refractivity contribution in [3.05, 3.63) is 83.5 Å². The van der Waals surface area contributed by atoms with Crippen LogP contribution < -0.4 is 0 Å². The molecule has 3 rings (SSSR count). The molecule has 0 N–H and O–H groups in total. The molecule has 182 valence electrons. The van der Waals surface area contributed by atoms with Gasteiger partial charge in [-0.05, 0) is 53.1 Å². The highest BCUT2D eigenvalue weighted by molar-refractivity contribution is 5.71. The minimum Gasteiger partial charge on any atom is -0.401 e. The Morgan fingerprint density at radius 1 is 0.583 bits per heavy atom. The van der Waals surface area contributed by atoms with Gasteiger partial charge in [-0.2, -0.15) is 13.2 Å². The Kier molecular flexibility index (Phi) is 8.76. The highest BCUT2D eigenvalue weighted by Crippen LogP contribution is 2.26. The van der Waals surface area contributed by atoms with Gasteiger partial charge in [-0.25, -0.2) is 4.98 Å². The Labute approximate surface area is 201 Å². The summed E-state index contributed by atoms with van der Waals surface area (Å²) < 4.78 is 53.5. The molecule has 0 bridgehead atoms. The summed E-state index contributed by atoms with van der Waals surface area (Å²) in [6.07, 6.45) is 5.47. The summed E-state index contributed by atoms with van der Waals surface area (Å²) in [5.74, 6) is 0. The molecule has 0 atom stereocenters. The van der Waals surface area contributed by atoms with E-state index in [1.807, 2.05) is 0 Å². The third kappa shape index (κ3) is 7.18. The van der Waals surface area contributed by atoms with Gasteiger partial charge in [0.25, 0.3) is 37.5 Å². The standard InChI is InChI=1S/C24H14F3N3O6/c25-22(34-12-31)9-15-1-3-28-18(5-15)20-7-17(11-24(27)36-14-33)8-21(30-20)19-6-16(2-4-29-19)10-23(26)35-13-32/h1-14H/b22-9+,23-10+,24-11+. The molecule has 0 saturated heterocycles. The zero-order valence-electron chi connectivity index (χ0n) is 18.0. The molecule has 3 heterocycles. The summed E-state index contributed by atoms with van der Waals surface area (Å²) in [6.45, 7) is -0.225. The minimum atomic E-state index is -1.21. The molecule has 0 aliphatic rings. The lowest BCUT2D eigenvalue weighted by Gasteiger charge is -2.08. The smallest absolute Gasteiger partial charge is 0.300 e. The number of hydrogen-bond donors (Lipinski definition) is 0. The molecule has 0 unspecified atom stereocenters. The van der Waals surface area contributed by atoms with Crippen LogP contribution in [0.15, 0.2) is 66.8 Å². The summed E-state index contributed by atoms with van der Waals surface area (Å²) in [4.78, 5) is 43.9. The number of aromatic nitrogens is 3. The first-order valence-electron chi connectivity index (χ1n) is 9.79. The third-order valence-corrected chi connectivity index (χ3v) is 4.26. The molecule has 0 radical (unpaired) electrons. The number of hydrogen-bond acceptors (Lipinski definition) is 9. The molecule has 3 aromatic rings. The first kappa shape index (κ1) is 25.5. The van der Waals surface area contributed by atoms with Crippen LogP contribution in [0.3, 0.4) is 0 Å². The predicted molar refractivity (Wildman–Crippen MR) is 119 cm³/mol. The average molecular weight is 497 g/mol. The second kappa shape index (κ2) is 12.4. The molecule has 0 amide bonds. The van der Waals surface area contributed by atoms with Crippen molar-refractivity contribution in [3.63, 3.8) is 0 Å². The van der Waals surface area contributed by atoms with Crippen molar-refractivity contribution in [2.45, 2.75) is 0 Å². The fourth-order valence-electron chi connectivity index (χ4n) is 2.88. The van der Waals surface area contributed by atoms with Crippen molar-refractivity contribution < 1.29 is 41.8 Å². The highest BCUT2D eigenvalue weighted by atomic mass is 19.1. The normalized spacial score (nSPS) is 12.0. The fraction of sp³-hybridized carbons (Fsp3) is 0. The maximum absolute atomic E-state index is 13.9. The van der Waals surface area contributed by atoms with Crippen LogP contribution in [0.5, 0.6) is 0 Å². The molecule has 36 heavy (non-hydrogen) atoms. The lowest BCUT2D eigenvalue weighted by molar-refractivity contribution is -0.127. The van der Waals surface area contributed by atoms with Crippen molar-refractivity contribution in [1.82, 2.24) is 15.0 Å². The summed E-state index contributed by atoms with van der Waals surface area (Å²) in [5, 5.41) is 0. The van der Waals surface area contributed by atoms with Gasteiger partial charge in [0.05, 0.1) is 22.8 Å². The zero-order chi connectivity index (χ0) is 25.9. The van der Waals surface area contributed by atoms with Crippen molar-refractivity contribution in [3.8, 4) is 22.8 Å². The fourth-order valence-corrected chi connectivity index (χ4v) is 2.88. The number of nitrogens with zero attached hydrogens (tertiary/aromatic N) is 3. The van der Waals surface area contributed by atoms with E-state index in [0.717, 1.165) is 18.2 Å². The van der Waals surface area contributed by atoms with E-state index in [-0.39, 0.29) is 58.9 Å². The van der Waals surface area contributed by atoms with Crippen LogP contribution in [-0.2, 0) is 28.6 Å². The van der Waals surface area contributed by atoms with E-state index in [2.05, 4.69) is 29.2 Å². The first-order chi connectivity index (χ1) is 17.4. The van der Waals surface area contributed by atoms with Gasteiger partial charge in [-0.1, -0.05) is 0 Å². The van der Waals surface area contributed by atoms with E-state index in [4.69, 9.17) is 0 Å². The van der Waals surface area contributed by atoms with Gasteiger partial charge in [-0.15, -0.1) is 0 Å². The van der Waals surface area contributed by atoms with E-state index >= 15 is 0 Å². The van der Waals surface area contributed by atoms with Gasteiger partial charge in [0.2, 0.25) is 0 Å². The van der Waals surface area contributed by atoms with E-state index in [9.17, 15) is 27.6 Å². The molecule has 0 aliphatic heterocycles. The van der Waals surface area contributed by atoms with E-state index < -0.39 is 18.0 Å². The predicted octanol–water partition coefficient (Wildman–Crippen LogP) is 4.53. The van der Waals surface area contributed by atoms with Crippen LogP contribution in [-0.4, -0.2) is 34.4 Å². The topological polar surface area (TPSA) is 118 Å². The second-order valence-electron chi connectivity index (χ2n) is 6.61. The second-order valence-corrected chi connectivity index (χ2v) is 6.61. The zero-order valence-corrected chi connectivity index (χ0v) is 18.0. The molecular weight excluding hydrogens is 483 g/mol. The maximum atomic E-state index is 13.9. The van der Waals surface area contributed by atoms with Crippen molar-refractivity contribution in [2.24, 2.45) is 0 Å². The van der Waals surface area contributed by atoms with Crippen LogP contribution in [0, 0.1) is 0 Å². The molecule has 0 saturated carbocycles. The van der Waals surface area contributed by atoms with Gasteiger partial charge in [0, 0.05) is 30.6 Å². The summed E-state index contributed by atoms with van der Waals surface area (Å²) in [7, 11) is 0. The Balaban J connectivity index is 2.12. The molecule has 0 fully saturated rings. The van der Waals surface area contributed by atoms with Crippen LogP contribution >= 0.6 is 0 Å². The number of halogens is 3. The lowest BCUT2D eigenvalue weighted by atomic mass is 10.1. The third-order valence-electron chi connectivity index (χ3n) is 4.26. The van der Waals surface area contributed by atoms with E-state index in [0.29, 0.717) is 0 Å². The van der Waals surface area contributed by atoms with Gasteiger partial charge in [-0.3, -0.25) is 24.4 Å². The maximum Gasteiger partial charge on any atom is 0.300 e. The minimum absolute atomic E-state index is 0.0687. The Morgan fingerprint density at radius 2 is 0.944 bits per heavy atom. The summed E-state index contributed by atoms with van der Waals surface area (Å²) in [5.41, 5.74) is 1.54. The van der Waals surface area contributed by atoms with Gasteiger partial charge < -0.3 is 14.2 Å². The SMILES string of the molecule is O=CO/C(F)=C/c1ccnc(-c2cc(/C=C(\F)OC=O)cc(-c3cc(/C=C(\F)OC=O)ccn3)n2)c1. The molecule has 0 aliphatic carbocycles. The molecule has 12 heteroatoms. The Bertz CT molecular complexity index is 1290. The number of carbonyl (C=O) groups is 3. The molecule has 9 nitrogen and oxygen atoms in total. The number of rotatable bonds is 11. The first-order valence-corrected chi connectivity index (χ1v) is 9.79. The summed E-state index contributed by atoms with van der Waals surface area (Å²) in [6, 6.07) is 5.03. The van der Waals surface area contributed by atoms with E-state index in [1.165, 1.54) is 48.8 Å². The molecule has 3 aromatic heterocycles. The Hall–Kier alpha value is -5.13. The lowest BCUT2D eigenvalue weighted by Crippen LogP contribution is -1.95. The van der Waals surface area contributed by atoms with Crippen LogP contribution in [0.4, 0.5) is 13.2 Å². The van der Waals surface area contributed by atoms with E-state index in [1.54, 1.807) is 0 Å². The average Bonchev–Trinajstić information content (AvgIpc) is 2.84. The number of ether oxygens (including phenoxy) is 3. The summed E-state index contributed by atoms with van der Waals surface area (Å²) >= 11 is 0. The van der Waals surface area contributed by atoms with Gasteiger partial charge >= 0.3 is 0 Å². The van der Waals surface area contributed by atoms with Crippen LogP contribution in [0.25, 0.3) is 41.0 Å². The van der Waals surface area contributed by atoms with Crippen molar-refractivity contribution in [2.75, 3.05) is 0 Å². The largest absolute Gasteiger partial charge is 0.401 e. The molecular formula is C24H14F3N3O6.